The predicted octanol–water partition coefficient (Wildman–Crippen LogP) is 3.72. The highest BCUT2D eigenvalue weighted by Gasteiger charge is 2.41. The van der Waals surface area contributed by atoms with Crippen molar-refractivity contribution in [3.05, 3.63) is 58.4 Å². The average Bonchev–Trinajstić information content (AvgIpc) is 2.88. The third-order valence-corrected chi connectivity index (χ3v) is 5.76. The molecule has 2 atom stereocenters. The maximum absolute atomic E-state index is 12.7. The van der Waals surface area contributed by atoms with Gasteiger partial charge in [-0.3, -0.25) is 14.8 Å². The second kappa shape index (κ2) is 8.60. The van der Waals surface area contributed by atoms with E-state index < -0.39 is 23.7 Å². The van der Waals surface area contributed by atoms with Crippen molar-refractivity contribution >= 4 is 23.7 Å². The molecule has 170 valence electrons. The molecule has 1 aromatic heterocycles. The van der Waals surface area contributed by atoms with Gasteiger partial charge in [-0.2, -0.15) is 0 Å². The zero-order chi connectivity index (χ0) is 23.0. The van der Waals surface area contributed by atoms with Crippen LogP contribution in [0.25, 0.3) is 0 Å². The molecule has 3 heterocycles. The molecule has 2 aromatic rings. The largest absolute Gasteiger partial charge is 0.488 e. The highest BCUT2D eigenvalue weighted by Crippen LogP contribution is 2.40. The van der Waals surface area contributed by atoms with Crippen LogP contribution in [0.15, 0.2) is 36.5 Å². The SMILES string of the molecule is CC(C)(C)OC(=O)N1CCN([C@@H]2c3ccc(Cl)cc3OCc3cccnc32)C[C@@H]1C(=O)O. The van der Waals surface area contributed by atoms with Crippen molar-refractivity contribution in [2.75, 3.05) is 19.6 Å². The van der Waals surface area contributed by atoms with Gasteiger partial charge in [-0.1, -0.05) is 23.7 Å². The lowest BCUT2D eigenvalue weighted by molar-refractivity contribution is -0.146. The van der Waals surface area contributed by atoms with Gasteiger partial charge < -0.3 is 14.6 Å². The molecule has 1 saturated heterocycles. The number of carboxylic acid groups (broad SMARTS) is 1. The summed E-state index contributed by atoms with van der Waals surface area (Å²) in [4.78, 5) is 32.8. The van der Waals surface area contributed by atoms with Crippen LogP contribution in [0.3, 0.4) is 0 Å². The number of amides is 1. The Kier molecular flexibility index (Phi) is 6.01. The zero-order valence-electron chi connectivity index (χ0n) is 18.2. The lowest BCUT2D eigenvalue weighted by Crippen LogP contribution is -2.59. The Morgan fingerprint density at radius 1 is 1.25 bits per heavy atom. The lowest BCUT2D eigenvalue weighted by atomic mass is 9.96. The third kappa shape index (κ3) is 4.52. The first kappa shape index (κ1) is 22.4. The first-order valence-corrected chi connectivity index (χ1v) is 10.8. The topological polar surface area (TPSA) is 92.2 Å². The van der Waals surface area contributed by atoms with Crippen molar-refractivity contribution in [1.29, 1.82) is 0 Å². The van der Waals surface area contributed by atoms with Crippen LogP contribution in [-0.4, -0.2) is 63.2 Å². The Morgan fingerprint density at radius 3 is 2.75 bits per heavy atom. The number of pyridine rings is 1. The highest BCUT2D eigenvalue weighted by atomic mass is 35.5. The van der Waals surface area contributed by atoms with E-state index in [1.165, 1.54) is 4.90 Å². The van der Waals surface area contributed by atoms with Gasteiger partial charge in [-0.15, -0.1) is 0 Å². The second-order valence-electron chi connectivity index (χ2n) is 8.94. The molecule has 1 fully saturated rings. The summed E-state index contributed by atoms with van der Waals surface area (Å²) >= 11 is 6.20. The van der Waals surface area contributed by atoms with Gasteiger partial charge in [0, 0.05) is 42.0 Å². The molecule has 0 aliphatic carbocycles. The minimum Gasteiger partial charge on any atom is -0.488 e. The molecule has 0 bridgehead atoms. The number of benzene rings is 1. The molecular weight excluding hydrogens is 434 g/mol. The monoisotopic (exact) mass is 459 g/mol. The number of ether oxygens (including phenoxy) is 2. The number of nitrogens with zero attached hydrogens (tertiary/aromatic N) is 3. The number of fused-ring (bicyclic) bond motifs is 2. The minimum atomic E-state index is -1.08. The van der Waals surface area contributed by atoms with Crippen LogP contribution in [0, 0.1) is 0 Å². The molecule has 1 N–H and O–H groups in total. The van der Waals surface area contributed by atoms with Crippen LogP contribution in [0.1, 0.15) is 43.6 Å². The van der Waals surface area contributed by atoms with E-state index in [1.807, 2.05) is 23.1 Å². The van der Waals surface area contributed by atoms with Crippen molar-refractivity contribution in [2.45, 2.75) is 45.1 Å². The molecule has 32 heavy (non-hydrogen) atoms. The zero-order valence-corrected chi connectivity index (χ0v) is 19.0. The third-order valence-electron chi connectivity index (χ3n) is 5.53. The van der Waals surface area contributed by atoms with Crippen LogP contribution in [0.5, 0.6) is 5.75 Å². The molecule has 4 rings (SSSR count). The quantitative estimate of drug-likeness (QED) is 0.731. The number of hydrogen-bond donors (Lipinski definition) is 1. The maximum Gasteiger partial charge on any atom is 0.411 e. The first-order chi connectivity index (χ1) is 15.1. The van der Waals surface area contributed by atoms with Gasteiger partial charge in [0.1, 0.15) is 24.0 Å². The highest BCUT2D eigenvalue weighted by molar-refractivity contribution is 6.30. The molecule has 8 nitrogen and oxygen atoms in total. The fourth-order valence-corrected chi connectivity index (χ4v) is 4.30. The number of aliphatic carboxylic acids is 1. The predicted molar refractivity (Wildman–Crippen MR) is 118 cm³/mol. The Labute approximate surface area is 191 Å². The van der Waals surface area contributed by atoms with Crippen LogP contribution >= 0.6 is 11.6 Å². The molecule has 1 aromatic carbocycles. The van der Waals surface area contributed by atoms with Gasteiger partial charge in [0.25, 0.3) is 0 Å². The smallest absolute Gasteiger partial charge is 0.411 e. The maximum atomic E-state index is 12.7. The van der Waals surface area contributed by atoms with E-state index in [1.54, 1.807) is 39.1 Å². The summed E-state index contributed by atoms with van der Waals surface area (Å²) in [6.45, 7) is 6.40. The summed E-state index contributed by atoms with van der Waals surface area (Å²) < 4.78 is 11.5. The van der Waals surface area contributed by atoms with E-state index in [2.05, 4.69) is 4.98 Å². The van der Waals surface area contributed by atoms with Crippen LogP contribution in [-0.2, 0) is 16.1 Å². The molecule has 2 aliphatic heterocycles. The van der Waals surface area contributed by atoms with Gasteiger partial charge >= 0.3 is 12.1 Å². The fourth-order valence-electron chi connectivity index (χ4n) is 4.14. The molecular formula is C23H26ClN3O5. The van der Waals surface area contributed by atoms with Gasteiger partial charge in [-0.05, 0) is 39.0 Å². The Bertz CT molecular complexity index is 1040. The summed E-state index contributed by atoms with van der Waals surface area (Å²) in [6.07, 6.45) is 1.10. The van der Waals surface area contributed by atoms with Gasteiger partial charge in [0.05, 0.1) is 11.7 Å². The molecule has 1 amide bonds. The molecule has 0 saturated carbocycles. The summed E-state index contributed by atoms with van der Waals surface area (Å²) in [5.41, 5.74) is 1.88. The molecule has 0 radical (unpaired) electrons. The minimum absolute atomic E-state index is 0.122. The van der Waals surface area contributed by atoms with Gasteiger partial charge in [0.15, 0.2) is 0 Å². The van der Waals surface area contributed by atoms with E-state index in [0.29, 0.717) is 23.9 Å². The molecule has 9 heteroatoms. The summed E-state index contributed by atoms with van der Waals surface area (Å²) in [6, 6.07) is 7.87. The first-order valence-electron chi connectivity index (χ1n) is 10.5. The normalized spacial score (nSPS) is 21.1. The van der Waals surface area contributed by atoms with E-state index in [4.69, 9.17) is 21.1 Å². The summed E-state index contributed by atoms with van der Waals surface area (Å²) in [5.74, 6) is -0.440. The Morgan fingerprint density at radius 2 is 2.03 bits per heavy atom. The van der Waals surface area contributed by atoms with E-state index >= 15 is 0 Å². The van der Waals surface area contributed by atoms with Crippen LogP contribution < -0.4 is 4.74 Å². The number of carboxylic acids is 1. The number of carbonyl (C=O) groups is 2. The van der Waals surface area contributed by atoms with Crippen LogP contribution in [0.2, 0.25) is 5.02 Å². The van der Waals surface area contributed by atoms with Gasteiger partial charge in [-0.25, -0.2) is 9.59 Å². The molecule has 0 spiro atoms. The van der Waals surface area contributed by atoms with E-state index in [9.17, 15) is 14.7 Å². The van der Waals surface area contributed by atoms with Crippen molar-refractivity contribution in [3.8, 4) is 5.75 Å². The van der Waals surface area contributed by atoms with Crippen molar-refractivity contribution in [1.82, 2.24) is 14.8 Å². The molecule has 0 unspecified atom stereocenters. The van der Waals surface area contributed by atoms with Crippen molar-refractivity contribution < 1.29 is 24.2 Å². The lowest BCUT2D eigenvalue weighted by Gasteiger charge is -2.42. The summed E-state index contributed by atoms with van der Waals surface area (Å²) in [5, 5.41) is 10.5. The van der Waals surface area contributed by atoms with Crippen molar-refractivity contribution in [3.63, 3.8) is 0 Å². The van der Waals surface area contributed by atoms with Crippen molar-refractivity contribution in [2.24, 2.45) is 0 Å². The fraction of sp³-hybridized carbons (Fsp3) is 0.435. The van der Waals surface area contributed by atoms with E-state index in [-0.39, 0.29) is 19.1 Å². The Hall–Kier alpha value is -2.84. The number of rotatable bonds is 2. The summed E-state index contributed by atoms with van der Waals surface area (Å²) in [7, 11) is 0. The number of carbonyl (C=O) groups excluding carboxylic acids is 1. The second-order valence-corrected chi connectivity index (χ2v) is 9.38. The Balaban J connectivity index is 1.70. The number of hydrogen-bond acceptors (Lipinski definition) is 6. The van der Waals surface area contributed by atoms with Gasteiger partial charge in [0.2, 0.25) is 0 Å². The number of halogens is 1. The average molecular weight is 460 g/mol. The van der Waals surface area contributed by atoms with Crippen LogP contribution in [0.4, 0.5) is 4.79 Å². The molecule has 2 aliphatic rings. The number of aromatic nitrogens is 1. The van der Waals surface area contributed by atoms with E-state index in [0.717, 1.165) is 16.8 Å². The standard InChI is InChI=1S/C23H26ClN3O5/c1-23(2,3)32-22(30)27-10-9-26(12-17(27)21(28)29)20-16-7-6-15(24)11-18(16)31-13-14-5-4-8-25-19(14)20/h4-8,11,17,20H,9-10,12-13H2,1-3H3,(H,28,29)/t17-,20-/m1/s1. The number of piperazine rings is 1.